The molecule has 0 saturated heterocycles. The highest BCUT2D eigenvalue weighted by molar-refractivity contribution is 8.00. The van der Waals surface area contributed by atoms with Crippen molar-refractivity contribution in [2.75, 3.05) is 29.7 Å². The lowest BCUT2D eigenvalue weighted by atomic mass is 10.0. The third-order valence-corrected chi connectivity index (χ3v) is 6.48. The van der Waals surface area contributed by atoms with Gasteiger partial charge in [-0.15, -0.1) is 23.5 Å². The van der Waals surface area contributed by atoms with Crippen LogP contribution in [0.5, 0.6) is 5.75 Å². The van der Waals surface area contributed by atoms with E-state index in [1.54, 1.807) is 43.1 Å². The molecule has 2 aromatic carbocycles. The van der Waals surface area contributed by atoms with E-state index in [-0.39, 0.29) is 29.4 Å². The number of ether oxygens (including phenoxy) is 1. The number of carbonyl (C=O) groups is 2. The number of thioether (sulfide) groups is 2. The normalized spacial score (nSPS) is 15.4. The maximum Gasteiger partial charge on any atom is 0.234 e. The summed E-state index contributed by atoms with van der Waals surface area (Å²) in [5.74, 6) is 1.90. The molecule has 0 spiro atoms. The molecule has 2 N–H and O–H groups in total. The molecule has 5 nitrogen and oxygen atoms in total. The topological polar surface area (TPSA) is 67.4 Å². The van der Waals surface area contributed by atoms with Crippen LogP contribution in [0.1, 0.15) is 18.0 Å². The molecule has 1 unspecified atom stereocenters. The predicted octanol–water partition coefficient (Wildman–Crippen LogP) is 4.37. The molecule has 0 aliphatic carbocycles. The number of hydrogen-bond donors (Lipinski definition) is 2. The molecule has 2 amide bonds. The van der Waals surface area contributed by atoms with Crippen LogP contribution in [0.15, 0.2) is 47.4 Å². The van der Waals surface area contributed by atoms with Crippen molar-refractivity contribution in [3.05, 3.63) is 53.1 Å². The van der Waals surface area contributed by atoms with E-state index in [1.165, 1.54) is 11.8 Å². The van der Waals surface area contributed by atoms with Crippen LogP contribution >= 0.6 is 35.1 Å². The van der Waals surface area contributed by atoms with Crippen LogP contribution in [0, 0.1) is 0 Å². The summed E-state index contributed by atoms with van der Waals surface area (Å²) in [6.07, 6.45) is 0.867. The number of hydrogen-bond acceptors (Lipinski definition) is 5. The average molecular weight is 437 g/mol. The molecule has 1 aliphatic rings. The number of carbonyl (C=O) groups excluding carboxylic acids is 2. The SMILES string of the molecule is COc1ccc(NC(=O)CSCC(=O)NC2CCSc3ccc(Cl)cc32)cc1. The zero-order chi connectivity index (χ0) is 19.9. The number of methoxy groups -OCH3 is 1. The molecule has 0 saturated carbocycles. The first-order valence-corrected chi connectivity index (χ1v) is 11.3. The van der Waals surface area contributed by atoms with E-state index in [4.69, 9.17) is 16.3 Å². The van der Waals surface area contributed by atoms with Crippen molar-refractivity contribution in [3.8, 4) is 5.75 Å². The Morgan fingerprint density at radius 2 is 1.93 bits per heavy atom. The largest absolute Gasteiger partial charge is 0.497 e. The molecule has 2 aromatic rings. The minimum Gasteiger partial charge on any atom is -0.497 e. The number of halogens is 1. The molecule has 0 aromatic heterocycles. The van der Waals surface area contributed by atoms with Gasteiger partial charge in [-0.1, -0.05) is 11.6 Å². The fourth-order valence-corrected chi connectivity index (χ4v) is 4.77. The maximum absolute atomic E-state index is 12.3. The molecule has 1 heterocycles. The number of amides is 2. The van der Waals surface area contributed by atoms with E-state index >= 15 is 0 Å². The molecule has 1 aliphatic heterocycles. The van der Waals surface area contributed by atoms with Crippen LogP contribution in [0.3, 0.4) is 0 Å². The highest BCUT2D eigenvalue weighted by Gasteiger charge is 2.22. The van der Waals surface area contributed by atoms with Gasteiger partial charge in [0.2, 0.25) is 11.8 Å². The van der Waals surface area contributed by atoms with Crippen LogP contribution < -0.4 is 15.4 Å². The second-order valence-corrected chi connectivity index (χ2v) is 8.77. The molecule has 0 bridgehead atoms. The minimum atomic E-state index is -0.144. The molecule has 0 radical (unpaired) electrons. The van der Waals surface area contributed by atoms with Crippen LogP contribution in [0.2, 0.25) is 5.02 Å². The Bertz CT molecular complexity index is 846. The van der Waals surface area contributed by atoms with Gasteiger partial charge in [-0.25, -0.2) is 0 Å². The number of anilines is 1. The summed E-state index contributed by atoms with van der Waals surface area (Å²) >= 11 is 9.17. The maximum atomic E-state index is 12.3. The first-order chi connectivity index (χ1) is 13.5. The van der Waals surface area contributed by atoms with Gasteiger partial charge in [-0.3, -0.25) is 9.59 Å². The van der Waals surface area contributed by atoms with E-state index in [0.29, 0.717) is 10.7 Å². The Hall–Kier alpha value is -1.83. The van der Waals surface area contributed by atoms with E-state index in [0.717, 1.165) is 28.4 Å². The van der Waals surface area contributed by atoms with Gasteiger partial charge in [-0.2, -0.15) is 0 Å². The number of fused-ring (bicyclic) bond motifs is 1. The zero-order valence-electron chi connectivity index (χ0n) is 15.4. The van der Waals surface area contributed by atoms with E-state index in [9.17, 15) is 9.59 Å². The van der Waals surface area contributed by atoms with Crippen LogP contribution in [-0.4, -0.2) is 36.2 Å². The van der Waals surface area contributed by atoms with Gasteiger partial charge in [0.15, 0.2) is 0 Å². The molecule has 0 fully saturated rings. The first kappa shape index (κ1) is 20.9. The summed E-state index contributed by atoms with van der Waals surface area (Å²) < 4.78 is 5.09. The van der Waals surface area contributed by atoms with E-state index < -0.39 is 0 Å². The standard InChI is InChI=1S/C20H21ClN2O3S2/c1-26-15-5-3-14(4-6-15)22-19(24)11-27-12-20(25)23-17-8-9-28-18-7-2-13(21)10-16(17)18/h2-7,10,17H,8-9,11-12H2,1H3,(H,22,24)(H,23,25). The molecule has 1 atom stereocenters. The fourth-order valence-electron chi connectivity index (χ4n) is 2.86. The second kappa shape index (κ2) is 10.1. The summed E-state index contributed by atoms with van der Waals surface area (Å²) in [5, 5.41) is 6.54. The van der Waals surface area contributed by atoms with Crippen LogP contribution in [0.4, 0.5) is 5.69 Å². The zero-order valence-corrected chi connectivity index (χ0v) is 17.8. The Balaban J connectivity index is 1.43. The fraction of sp³-hybridized carbons (Fsp3) is 0.300. The smallest absolute Gasteiger partial charge is 0.234 e. The molecule has 3 rings (SSSR count). The van der Waals surface area contributed by atoms with E-state index in [2.05, 4.69) is 10.6 Å². The van der Waals surface area contributed by atoms with Crippen molar-refractivity contribution in [1.82, 2.24) is 5.32 Å². The van der Waals surface area contributed by atoms with Gasteiger partial charge in [0.25, 0.3) is 0 Å². The second-order valence-electron chi connectivity index (χ2n) is 6.21. The number of rotatable bonds is 7. The van der Waals surface area contributed by atoms with Crippen molar-refractivity contribution < 1.29 is 14.3 Å². The van der Waals surface area contributed by atoms with Gasteiger partial charge >= 0.3 is 0 Å². The Labute approximate surface area is 177 Å². The average Bonchev–Trinajstić information content (AvgIpc) is 2.69. The van der Waals surface area contributed by atoms with E-state index in [1.807, 2.05) is 18.2 Å². The summed E-state index contributed by atoms with van der Waals surface area (Å²) in [7, 11) is 1.59. The highest BCUT2D eigenvalue weighted by Crippen LogP contribution is 2.37. The first-order valence-electron chi connectivity index (χ1n) is 8.78. The predicted molar refractivity (Wildman–Crippen MR) is 117 cm³/mol. The Morgan fingerprint density at radius 1 is 1.18 bits per heavy atom. The third kappa shape index (κ3) is 5.83. The van der Waals surface area contributed by atoms with Gasteiger partial charge < -0.3 is 15.4 Å². The lowest BCUT2D eigenvalue weighted by molar-refractivity contribution is -0.119. The summed E-state index contributed by atoms with van der Waals surface area (Å²) in [6.45, 7) is 0. The molecule has 28 heavy (non-hydrogen) atoms. The lowest BCUT2D eigenvalue weighted by Crippen LogP contribution is -2.32. The van der Waals surface area contributed by atoms with Gasteiger partial charge in [0.05, 0.1) is 24.7 Å². The van der Waals surface area contributed by atoms with Gasteiger partial charge in [0, 0.05) is 21.4 Å². The minimum absolute atomic E-state index is 0.0313. The van der Waals surface area contributed by atoms with Gasteiger partial charge in [-0.05, 0) is 54.4 Å². The molecule has 8 heteroatoms. The van der Waals surface area contributed by atoms with Gasteiger partial charge in [0.1, 0.15) is 5.75 Å². The van der Waals surface area contributed by atoms with Crippen molar-refractivity contribution in [1.29, 1.82) is 0 Å². The number of benzene rings is 2. The lowest BCUT2D eigenvalue weighted by Gasteiger charge is -2.26. The number of nitrogens with one attached hydrogen (secondary N) is 2. The van der Waals surface area contributed by atoms with Crippen LogP contribution in [0.25, 0.3) is 0 Å². The molecule has 148 valence electrons. The monoisotopic (exact) mass is 436 g/mol. The summed E-state index contributed by atoms with van der Waals surface area (Å²) in [5.41, 5.74) is 1.77. The molecular weight excluding hydrogens is 416 g/mol. The summed E-state index contributed by atoms with van der Waals surface area (Å²) in [6, 6.07) is 12.9. The van der Waals surface area contributed by atoms with Crippen molar-refractivity contribution in [3.63, 3.8) is 0 Å². The van der Waals surface area contributed by atoms with Crippen molar-refractivity contribution in [2.45, 2.75) is 17.4 Å². The van der Waals surface area contributed by atoms with Crippen molar-refractivity contribution >= 4 is 52.6 Å². The Morgan fingerprint density at radius 3 is 2.68 bits per heavy atom. The Kier molecular flexibility index (Phi) is 7.53. The van der Waals surface area contributed by atoms with Crippen molar-refractivity contribution in [2.24, 2.45) is 0 Å². The quantitative estimate of drug-likeness (QED) is 0.674. The molecular formula is C20H21ClN2O3S2. The highest BCUT2D eigenvalue weighted by atomic mass is 35.5. The third-order valence-electron chi connectivity index (χ3n) is 4.19. The van der Waals surface area contributed by atoms with Crippen LogP contribution in [-0.2, 0) is 9.59 Å². The summed E-state index contributed by atoms with van der Waals surface area (Å²) in [4.78, 5) is 25.5.